The Labute approximate surface area is 117 Å². The smallest absolute Gasteiger partial charge is 0.224 e. The molecule has 0 saturated carbocycles. The molecule has 110 valence electrons. The van der Waals surface area contributed by atoms with Crippen molar-refractivity contribution in [3.05, 3.63) is 0 Å². The zero-order valence-corrected chi connectivity index (χ0v) is 12.6. The molecule has 2 fully saturated rings. The van der Waals surface area contributed by atoms with Crippen LogP contribution in [0.15, 0.2) is 0 Å². The third-order valence-electron chi connectivity index (χ3n) is 4.72. The Morgan fingerprint density at radius 3 is 2.53 bits per heavy atom. The van der Waals surface area contributed by atoms with E-state index in [1.807, 2.05) is 0 Å². The Bertz CT molecular complexity index is 300. The first-order valence-corrected chi connectivity index (χ1v) is 7.82. The molecule has 0 aromatic rings. The molecule has 2 N–H and O–H groups in total. The van der Waals surface area contributed by atoms with E-state index in [0.29, 0.717) is 17.9 Å². The molecule has 0 radical (unpaired) electrons. The molecular weight excluding hydrogens is 238 g/mol. The largest absolute Gasteiger partial charge is 0.354 e. The van der Waals surface area contributed by atoms with E-state index < -0.39 is 0 Å². The van der Waals surface area contributed by atoms with Crippen molar-refractivity contribution in [1.29, 1.82) is 0 Å². The van der Waals surface area contributed by atoms with Crippen molar-refractivity contribution in [3.63, 3.8) is 0 Å². The molecule has 0 aromatic carbocycles. The standard InChI is InChI=1S/C15H29N3O/c1-11(2)14(18-6-4-5-7-18)10-17-15(19)13-9-16-8-12(13)3/h11-14,16H,4-10H2,1-3H3,(H,17,19). The number of nitrogens with zero attached hydrogens (tertiary/aromatic N) is 1. The van der Waals surface area contributed by atoms with Crippen molar-refractivity contribution in [2.24, 2.45) is 17.8 Å². The van der Waals surface area contributed by atoms with Gasteiger partial charge in [-0.15, -0.1) is 0 Å². The van der Waals surface area contributed by atoms with E-state index in [0.717, 1.165) is 19.6 Å². The lowest BCUT2D eigenvalue weighted by molar-refractivity contribution is -0.125. The second kappa shape index (κ2) is 6.71. The van der Waals surface area contributed by atoms with Gasteiger partial charge in [0.25, 0.3) is 0 Å². The van der Waals surface area contributed by atoms with Gasteiger partial charge in [-0.25, -0.2) is 0 Å². The summed E-state index contributed by atoms with van der Waals surface area (Å²) in [6, 6.07) is 0.496. The van der Waals surface area contributed by atoms with Crippen LogP contribution in [-0.4, -0.2) is 49.6 Å². The van der Waals surface area contributed by atoms with Crippen LogP contribution in [0.5, 0.6) is 0 Å². The van der Waals surface area contributed by atoms with Crippen LogP contribution in [0.3, 0.4) is 0 Å². The van der Waals surface area contributed by atoms with Gasteiger partial charge >= 0.3 is 0 Å². The number of hydrogen-bond donors (Lipinski definition) is 2. The maximum Gasteiger partial charge on any atom is 0.224 e. The summed E-state index contributed by atoms with van der Waals surface area (Å²) in [5, 5.41) is 6.49. The van der Waals surface area contributed by atoms with Crippen LogP contribution in [-0.2, 0) is 4.79 Å². The van der Waals surface area contributed by atoms with E-state index in [-0.39, 0.29) is 11.8 Å². The van der Waals surface area contributed by atoms with Crippen LogP contribution in [0, 0.1) is 17.8 Å². The van der Waals surface area contributed by atoms with Gasteiger partial charge in [-0.1, -0.05) is 20.8 Å². The van der Waals surface area contributed by atoms with Gasteiger partial charge in [-0.3, -0.25) is 9.69 Å². The van der Waals surface area contributed by atoms with Crippen molar-refractivity contribution < 1.29 is 4.79 Å². The molecule has 1 amide bonds. The highest BCUT2D eigenvalue weighted by atomic mass is 16.1. The lowest BCUT2D eigenvalue weighted by Crippen LogP contribution is -2.47. The topological polar surface area (TPSA) is 44.4 Å². The first kappa shape index (κ1) is 14.8. The molecule has 0 bridgehead atoms. The average molecular weight is 267 g/mol. The maximum atomic E-state index is 12.2. The molecule has 2 saturated heterocycles. The van der Waals surface area contributed by atoms with Crippen LogP contribution >= 0.6 is 0 Å². The second-order valence-corrected chi connectivity index (χ2v) is 6.54. The van der Waals surface area contributed by atoms with Gasteiger partial charge in [0.1, 0.15) is 0 Å². The van der Waals surface area contributed by atoms with Gasteiger partial charge in [0.2, 0.25) is 5.91 Å². The maximum absolute atomic E-state index is 12.2. The van der Waals surface area contributed by atoms with Gasteiger partial charge in [-0.2, -0.15) is 0 Å². The van der Waals surface area contributed by atoms with E-state index in [1.165, 1.54) is 25.9 Å². The summed E-state index contributed by atoms with van der Waals surface area (Å²) in [5.74, 6) is 1.45. The normalized spacial score (nSPS) is 29.9. The molecule has 0 spiro atoms. The fourth-order valence-electron chi connectivity index (χ4n) is 3.36. The zero-order valence-electron chi connectivity index (χ0n) is 12.6. The van der Waals surface area contributed by atoms with Crippen LogP contribution in [0.4, 0.5) is 0 Å². The number of carbonyl (C=O) groups is 1. The molecule has 3 unspecified atom stereocenters. The number of rotatable bonds is 5. The van der Waals surface area contributed by atoms with Gasteiger partial charge in [0, 0.05) is 19.1 Å². The van der Waals surface area contributed by atoms with Crippen molar-refractivity contribution in [1.82, 2.24) is 15.5 Å². The molecular formula is C15H29N3O. The fraction of sp³-hybridized carbons (Fsp3) is 0.933. The molecule has 0 aliphatic carbocycles. The van der Waals surface area contributed by atoms with Crippen molar-refractivity contribution >= 4 is 5.91 Å². The predicted octanol–water partition coefficient (Wildman–Crippen LogP) is 1.08. The zero-order chi connectivity index (χ0) is 13.8. The van der Waals surface area contributed by atoms with Crippen molar-refractivity contribution in [2.75, 3.05) is 32.7 Å². The number of amides is 1. The lowest BCUT2D eigenvalue weighted by atomic mass is 9.96. The van der Waals surface area contributed by atoms with E-state index in [9.17, 15) is 4.79 Å². The van der Waals surface area contributed by atoms with E-state index >= 15 is 0 Å². The summed E-state index contributed by atoms with van der Waals surface area (Å²) in [6.07, 6.45) is 2.61. The Morgan fingerprint density at radius 2 is 2.00 bits per heavy atom. The molecule has 4 nitrogen and oxygen atoms in total. The van der Waals surface area contributed by atoms with Crippen LogP contribution < -0.4 is 10.6 Å². The average Bonchev–Trinajstić information content (AvgIpc) is 3.00. The molecule has 2 aliphatic heterocycles. The minimum atomic E-state index is 0.159. The minimum absolute atomic E-state index is 0.159. The summed E-state index contributed by atoms with van der Waals surface area (Å²) in [7, 11) is 0. The van der Waals surface area contributed by atoms with Crippen LogP contribution in [0.25, 0.3) is 0 Å². The Morgan fingerprint density at radius 1 is 1.32 bits per heavy atom. The third kappa shape index (κ3) is 3.69. The first-order valence-electron chi connectivity index (χ1n) is 7.82. The number of carbonyl (C=O) groups excluding carboxylic acids is 1. The van der Waals surface area contributed by atoms with Gasteiger partial charge < -0.3 is 10.6 Å². The van der Waals surface area contributed by atoms with Gasteiger partial charge in [0.05, 0.1) is 5.92 Å². The van der Waals surface area contributed by atoms with E-state index in [1.54, 1.807) is 0 Å². The monoisotopic (exact) mass is 267 g/mol. The molecule has 0 aromatic heterocycles. The molecule has 2 aliphatic rings. The van der Waals surface area contributed by atoms with E-state index in [4.69, 9.17) is 0 Å². The van der Waals surface area contributed by atoms with Crippen LogP contribution in [0.2, 0.25) is 0 Å². The Hall–Kier alpha value is -0.610. The third-order valence-corrected chi connectivity index (χ3v) is 4.72. The van der Waals surface area contributed by atoms with Crippen LogP contribution in [0.1, 0.15) is 33.6 Å². The highest BCUT2D eigenvalue weighted by Crippen LogP contribution is 2.18. The molecule has 19 heavy (non-hydrogen) atoms. The number of likely N-dealkylation sites (tertiary alicyclic amines) is 1. The van der Waals surface area contributed by atoms with Gasteiger partial charge in [0.15, 0.2) is 0 Å². The summed E-state index contributed by atoms with van der Waals surface area (Å²) in [5.41, 5.74) is 0. The fourth-order valence-corrected chi connectivity index (χ4v) is 3.36. The Balaban J connectivity index is 1.82. The molecule has 4 heteroatoms. The van der Waals surface area contributed by atoms with E-state index in [2.05, 4.69) is 36.3 Å². The highest BCUT2D eigenvalue weighted by molar-refractivity contribution is 5.79. The Kier molecular flexibility index (Phi) is 5.22. The molecule has 3 atom stereocenters. The summed E-state index contributed by atoms with van der Waals surface area (Å²) in [6.45, 7) is 11.7. The van der Waals surface area contributed by atoms with Crippen molar-refractivity contribution in [3.8, 4) is 0 Å². The molecule has 2 heterocycles. The lowest BCUT2D eigenvalue weighted by Gasteiger charge is -2.31. The van der Waals surface area contributed by atoms with Gasteiger partial charge in [-0.05, 0) is 44.3 Å². The first-order chi connectivity index (χ1) is 9.09. The minimum Gasteiger partial charge on any atom is -0.354 e. The van der Waals surface area contributed by atoms with Crippen molar-refractivity contribution in [2.45, 2.75) is 39.7 Å². The second-order valence-electron chi connectivity index (χ2n) is 6.54. The summed E-state index contributed by atoms with van der Waals surface area (Å²) < 4.78 is 0. The summed E-state index contributed by atoms with van der Waals surface area (Å²) in [4.78, 5) is 14.8. The predicted molar refractivity (Wildman–Crippen MR) is 78.0 cm³/mol. The quantitative estimate of drug-likeness (QED) is 0.783. The molecule has 2 rings (SSSR count). The SMILES string of the molecule is CC(C)C(CNC(=O)C1CNCC1C)N1CCCC1. The summed E-state index contributed by atoms with van der Waals surface area (Å²) >= 11 is 0. The highest BCUT2D eigenvalue weighted by Gasteiger charge is 2.31. The number of nitrogens with one attached hydrogen (secondary N) is 2. The number of hydrogen-bond acceptors (Lipinski definition) is 3.